The number of hydrogen-bond acceptors (Lipinski definition) is 4. The molecule has 1 aliphatic heterocycles. The second kappa shape index (κ2) is 7.94. The molecule has 1 aromatic rings. The van der Waals surface area contributed by atoms with E-state index in [0.717, 1.165) is 26.2 Å². The average Bonchev–Trinajstić information content (AvgIpc) is 2.49. The largest absolute Gasteiger partial charge is 0.304 e. The molecule has 1 saturated heterocycles. The van der Waals surface area contributed by atoms with Gasteiger partial charge in [0.25, 0.3) is 0 Å². The van der Waals surface area contributed by atoms with Gasteiger partial charge < -0.3 is 4.90 Å². The molecule has 0 spiro atoms. The molecule has 0 aromatic heterocycles. The van der Waals surface area contributed by atoms with Crippen molar-refractivity contribution in [1.29, 1.82) is 0 Å². The van der Waals surface area contributed by atoms with Crippen LogP contribution in [-0.4, -0.2) is 64.0 Å². The minimum absolute atomic E-state index is 0.141. The van der Waals surface area contributed by atoms with E-state index in [-0.39, 0.29) is 16.0 Å². The molecule has 0 aliphatic carbocycles. The van der Waals surface area contributed by atoms with Gasteiger partial charge in [-0.15, -0.1) is 0 Å². The average molecular weight is 360 g/mol. The fourth-order valence-corrected chi connectivity index (χ4v) is 4.44. The fourth-order valence-electron chi connectivity index (χ4n) is 2.88. The summed E-state index contributed by atoms with van der Waals surface area (Å²) >= 11 is 6.02. The topological polar surface area (TPSA) is 52.7 Å². The molecule has 0 radical (unpaired) electrons. The van der Waals surface area contributed by atoms with Crippen LogP contribution in [0.4, 0.5) is 0 Å². The first-order chi connectivity index (χ1) is 10.8. The zero-order chi connectivity index (χ0) is 17.0. The highest BCUT2D eigenvalue weighted by Gasteiger charge is 2.27. The maximum absolute atomic E-state index is 12.5. The van der Waals surface area contributed by atoms with Crippen molar-refractivity contribution < 1.29 is 8.42 Å². The Hall–Kier alpha value is -0.660. The molecular weight excluding hydrogens is 334 g/mol. The lowest BCUT2D eigenvalue weighted by Crippen LogP contribution is -2.54. The van der Waals surface area contributed by atoms with Crippen LogP contribution >= 0.6 is 11.6 Å². The van der Waals surface area contributed by atoms with Gasteiger partial charge in [-0.1, -0.05) is 37.6 Å². The summed E-state index contributed by atoms with van der Waals surface area (Å²) in [6.45, 7) is 8.62. The van der Waals surface area contributed by atoms with Crippen molar-refractivity contribution in [3.05, 3.63) is 29.3 Å². The number of sulfonamides is 1. The van der Waals surface area contributed by atoms with Crippen LogP contribution in [0.15, 0.2) is 29.2 Å². The summed E-state index contributed by atoms with van der Waals surface area (Å²) < 4.78 is 27.7. The van der Waals surface area contributed by atoms with E-state index in [9.17, 15) is 8.42 Å². The van der Waals surface area contributed by atoms with Gasteiger partial charge in [-0.3, -0.25) is 4.90 Å². The Bertz CT molecular complexity index is 614. The molecule has 130 valence electrons. The van der Waals surface area contributed by atoms with Gasteiger partial charge in [0.1, 0.15) is 4.90 Å². The van der Waals surface area contributed by atoms with Crippen LogP contribution in [-0.2, 0) is 10.0 Å². The maximum atomic E-state index is 12.5. The lowest BCUT2D eigenvalue weighted by atomic mass is 10.0. The SMILES string of the molecule is CC(C)C(CNS(=O)(=O)c1ccccc1Cl)N1CCN(C)CC1. The highest BCUT2D eigenvalue weighted by molar-refractivity contribution is 7.89. The first-order valence-electron chi connectivity index (χ1n) is 7.98. The molecule has 0 saturated carbocycles. The minimum Gasteiger partial charge on any atom is -0.304 e. The summed E-state index contributed by atoms with van der Waals surface area (Å²) in [5, 5.41) is 0.251. The van der Waals surface area contributed by atoms with Gasteiger partial charge in [0.2, 0.25) is 10.0 Å². The fraction of sp³-hybridized carbons (Fsp3) is 0.625. The Morgan fingerprint density at radius 2 is 1.78 bits per heavy atom. The van der Waals surface area contributed by atoms with Crippen LogP contribution in [0.2, 0.25) is 5.02 Å². The lowest BCUT2D eigenvalue weighted by molar-refractivity contribution is 0.0905. The Balaban J connectivity index is 2.05. The van der Waals surface area contributed by atoms with Crippen LogP contribution in [0.3, 0.4) is 0 Å². The Morgan fingerprint density at radius 1 is 1.17 bits per heavy atom. The molecular formula is C16H26ClN3O2S. The summed E-state index contributed by atoms with van der Waals surface area (Å²) in [5.41, 5.74) is 0. The second-order valence-corrected chi connectivity index (χ2v) is 8.58. The van der Waals surface area contributed by atoms with Crippen LogP contribution in [0, 0.1) is 5.92 Å². The smallest absolute Gasteiger partial charge is 0.242 e. The van der Waals surface area contributed by atoms with Crippen LogP contribution in [0.25, 0.3) is 0 Å². The van der Waals surface area contributed by atoms with E-state index in [1.54, 1.807) is 18.2 Å². The summed E-state index contributed by atoms with van der Waals surface area (Å²) in [6.07, 6.45) is 0. The van der Waals surface area contributed by atoms with E-state index in [0.29, 0.717) is 12.5 Å². The zero-order valence-electron chi connectivity index (χ0n) is 14.0. The van der Waals surface area contributed by atoms with Gasteiger partial charge in [0.05, 0.1) is 5.02 Å². The molecule has 5 nitrogen and oxygen atoms in total. The Kier molecular flexibility index (Phi) is 6.45. The van der Waals surface area contributed by atoms with Gasteiger partial charge in [0.15, 0.2) is 0 Å². The van der Waals surface area contributed by atoms with Crippen molar-refractivity contribution in [2.24, 2.45) is 5.92 Å². The Labute approximate surface area is 144 Å². The van der Waals surface area contributed by atoms with Gasteiger partial charge in [-0.05, 0) is 25.1 Å². The highest BCUT2D eigenvalue weighted by atomic mass is 35.5. The van der Waals surface area contributed by atoms with E-state index in [1.165, 1.54) is 6.07 Å². The number of likely N-dealkylation sites (N-methyl/N-ethyl adjacent to an activating group) is 1. The second-order valence-electron chi connectivity index (χ2n) is 6.43. The summed E-state index contributed by atoms with van der Waals surface area (Å²) in [6, 6.07) is 6.71. The molecule has 1 aromatic carbocycles. The third-order valence-corrected chi connectivity index (χ3v) is 6.31. The predicted molar refractivity (Wildman–Crippen MR) is 94.3 cm³/mol. The highest BCUT2D eigenvalue weighted by Crippen LogP contribution is 2.21. The number of rotatable bonds is 6. The standard InChI is InChI=1S/C16H26ClN3O2S/c1-13(2)15(20-10-8-19(3)9-11-20)12-18-23(21,22)16-7-5-4-6-14(16)17/h4-7,13,15,18H,8-12H2,1-3H3. The summed E-state index contributed by atoms with van der Waals surface area (Å²) in [7, 11) is -1.48. The molecule has 1 atom stereocenters. The van der Waals surface area contributed by atoms with E-state index in [4.69, 9.17) is 11.6 Å². The van der Waals surface area contributed by atoms with Gasteiger partial charge in [0, 0.05) is 38.8 Å². The van der Waals surface area contributed by atoms with E-state index >= 15 is 0 Å². The predicted octanol–water partition coefficient (Wildman–Crippen LogP) is 1.89. The molecule has 23 heavy (non-hydrogen) atoms. The molecule has 1 heterocycles. The quantitative estimate of drug-likeness (QED) is 0.842. The molecule has 0 bridgehead atoms. The van der Waals surface area contributed by atoms with Crippen molar-refractivity contribution >= 4 is 21.6 Å². The maximum Gasteiger partial charge on any atom is 0.242 e. The summed E-state index contributed by atoms with van der Waals surface area (Å²) in [5.74, 6) is 0.368. The molecule has 1 aliphatic rings. The number of halogens is 1. The number of benzene rings is 1. The summed E-state index contributed by atoms with van der Waals surface area (Å²) in [4.78, 5) is 4.81. The first-order valence-corrected chi connectivity index (χ1v) is 9.84. The molecule has 1 N–H and O–H groups in total. The van der Waals surface area contributed by atoms with Crippen LogP contribution < -0.4 is 4.72 Å². The monoisotopic (exact) mass is 359 g/mol. The molecule has 1 fully saturated rings. The van der Waals surface area contributed by atoms with Crippen LogP contribution in [0.5, 0.6) is 0 Å². The van der Waals surface area contributed by atoms with Crippen LogP contribution in [0.1, 0.15) is 13.8 Å². The van der Waals surface area contributed by atoms with Gasteiger partial charge in [-0.25, -0.2) is 13.1 Å². The molecule has 2 rings (SSSR count). The normalized spacial score (nSPS) is 19.2. The number of nitrogens with one attached hydrogen (secondary N) is 1. The first kappa shape index (κ1) is 18.7. The van der Waals surface area contributed by atoms with Crippen molar-refractivity contribution in [1.82, 2.24) is 14.5 Å². The van der Waals surface area contributed by atoms with E-state index < -0.39 is 10.0 Å². The molecule has 1 unspecified atom stereocenters. The number of nitrogens with zero attached hydrogens (tertiary/aromatic N) is 2. The van der Waals surface area contributed by atoms with Crippen molar-refractivity contribution in [3.63, 3.8) is 0 Å². The third kappa shape index (κ3) is 4.90. The molecule has 0 amide bonds. The van der Waals surface area contributed by atoms with Crippen molar-refractivity contribution in [2.75, 3.05) is 39.8 Å². The lowest BCUT2D eigenvalue weighted by Gasteiger charge is -2.39. The molecule has 7 heteroatoms. The van der Waals surface area contributed by atoms with Crippen molar-refractivity contribution in [2.45, 2.75) is 24.8 Å². The minimum atomic E-state index is -3.59. The number of hydrogen-bond donors (Lipinski definition) is 1. The third-order valence-electron chi connectivity index (χ3n) is 4.39. The van der Waals surface area contributed by atoms with Gasteiger partial charge >= 0.3 is 0 Å². The van der Waals surface area contributed by atoms with E-state index in [1.807, 2.05) is 0 Å². The van der Waals surface area contributed by atoms with Crippen molar-refractivity contribution in [3.8, 4) is 0 Å². The number of piperazine rings is 1. The zero-order valence-corrected chi connectivity index (χ0v) is 15.6. The van der Waals surface area contributed by atoms with E-state index in [2.05, 4.69) is 35.4 Å². The van der Waals surface area contributed by atoms with Gasteiger partial charge in [-0.2, -0.15) is 0 Å². The Morgan fingerprint density at radius 3 is 2.35 bits per heavy atom.